The molecule has 0 aromatic rings. The summed E-state index contributed by atoms with van der Waals surface area (Å²) in [5.41, 5.74) is -1.15. The molecule has 1 saturated carbocycles. The molecule has 0 spiro atoms. The van der Waals surface area contributed by atoms with Crippen LogP contribution in [0.5, 0.6) is 0 Å². The standard InChI is InChI=1S/C17H30O3Si/c1-9-11-16(19-14(3)18)13-17(16,12-10-2)20-21(7,8)15(4,5)6/h9-12H,13H2,1-8H3/b11-9+,12-10+/t16-,17-/m1/s1. The van der Waals surface area contributed by atoms with Crippen molar-refractivity contribution < 1.29 is 14.0 Å². The molecule has 0 amide bonds. The van der Waals surface area contributed by atoms with Gasteiger partial charge >= 0.3 is 5.97 Å². The highest BCUT2D eigenvalue weighted by atomic mass is 28.4. The van der Waals surface area contributed by atoms with Crippen molar-refractivity contribution in [1.82, 2.24) is 0 Å². The van der Waals surface area contributed by atoms with E-state index in [1.165, 1.54) is 6.92 Å². The van der Waals surface area contributed by atoms with Crippen LogP contribution in [0.25, 0.3) is 0 Å². The summed E-state index contributed by atoms with van der Waals surface area (Å²) in [6.45, 7) is 16.5. The number of carbonyl (C=O) groups excluding carboxylic acids is 1. The zero-order chi connectivity index (χ0) is 16.5. The van der Waals surface area contributed by atoms with E-state index in [9.17, 15) is 4.79 Å². The molecule has 0 unspecified atom stereocenters. The summed E-state index contributed by atoms with van der Waals surface area (Å²) in [5, 5.41) is 0.113. The molecule has 1 fully saturated rings. The zero-order valence-electron chi connectivity index (χ0n) is 14.7. The Balaban J connectivity index is 3.16. The quantitative estimate of drug-likeness (QED) is 0.423. The number of ether oxygens (including phenoxy) is 1. The topological polar surface area (TPSA) is 35.5 Å². The predicted molar refractivity (Wildman–Crippen MR) is 89.8 cm³/mol. The van der Waals surface area contributed by atoms with E-state index in [0.717, 1.165) is 0 Å². The van der Waals surface area contributed by atoms with Crippen LogP contribution in [0.15, 0.2) is 24.3 Å². The zero-order valence-corrected chi connectivity index (χ0v) is 15.7. The molecule has 4 heteroatoms. The molecule has 1 aliphatic rings. The Morgan fingerprint density at radius 2 is 1.57 bits per heavy atom. The van der Waals surface area contributed by atoms with Gasteiger partial charge in [0.05, 0.1) is 0 Å². The fourth-order valence-corrected chi connectivity index (χ4v) is 3.99. The van der Waals surface area contributed by atoms with Crippen molar-refractivity contribution >= 4 is 14.3 Å². The van der Waals surface area contributed by atoms with E-state index in [1.54, 1.807) is 0 Å². The smallest absolute Gasteiger partial charge is 0.303 e. The monoisotopic (exact) mass is 310 g/mol. The van der Waals surface area contributed by atoms with Gasteiger partial charge in [0.25, 0.3) is 0 Å². The molecule has 0 bridgehead atoms. The van der Waals surface area contributed by atoms with Crippen molar-refractivity contribution in [1.29, 1.82) is 0 Å². The van der Waals surface area contributed by atoms with Crippen LogP contribution in [0, 0.1) is 0 Å². The Morgan fingerprint density at radius 3 is 1.95 bits per heavy atom. The summed E-state index contributed by atoms with van der Waals surface area (Å²) in [4.78, 5) is 11.5. The normalized spacial score (nSPS) is 30.1. The lowest BCUT2D eigenvalue weighted by molar-refractivity contribution is -0.148. The first-order valence-corrected chi connectivity index (χ1v) is 10.5. The molecule has 1 aliphatic carbocycles. The lowest BCUT2D eigenvalue weighted by Crippen LogP contribution is -2.47. The first kappa shape index (κ1) is 18.2. The average molecular weight is 311 g/mol. The molecule has 3 nitrogen and oxygen atoms in total. The van der Waals surface area contributed by atoms with Gasteiger partial charge in [0.1, 0.15) is 5.60 Å². The van der Waals surface area contributed by atoms with Gasteiger partial charge in [-0.15, -0.1) is 0 Å². The van der Waals surface area contributed by atoms with Gasteiger partial charge in [0.15, 0.2) is 13.9 Å². The van der Waals surface area contributed by atoms with Crippen LogP contribution in [-0.4, -0.2) is 25.5 Å². The Hall–Kier alpha value is -0.873. The van der Waals surface area contributed by atoms with Crippen molar-refractivity contribution in [2.45, 2.75) is 77.3 Å². The largest absolute Gasteiger partial charge is 0.451 e. The molecule has 21 heavy (non-hydrogen) atoms. The van der Waals surface area contributed by atoms with Gasteiger partial charge in [0, 0.05) is 13.3 Å². The summed E-state index contributed by atoms with van der Waals surface area (Å²) in [5.74, 6) is -0.265. The number of hydrogen-bond acceptors (Lipinski definition) is 3. The van der Waals surface area contributed by atoms with Crippen LogP contribution in [-0.2, 0) is 14.0 Å². The lowest BCUT2D eigenvalue weighted by Gasteiger charge is -2.40. The summed E-state index contributed by atoms with van der Waals surface area (Å²) < 4.78 is 12.3. The molecule has 0 aliphatic heterocycles. The van der Waals surface area contributed by atoms with E-state index < -0.39 is 19.5 Å². The van der Waals surface area contributed by atoms with Gasteiger partial charge in [-0.25, -0.2) is 0 Å². The fraction of sp³-hybridized carbons (Fsp3) is 0.706. The molecule has 0 N–H and O–H groups in total. The van der Waals surface area contributed by atoms with Crippen LogP contribution in [0.1, 0.15) is 48.0 Å². The maximum Gasteiger partial charge on any atom is 0.303 e. The summed E-state index contributed by atoms with van der Waals surface area (Å²) >= 11 is 0. The van der Waals surface area contributed by atoms with E-state index in [4.69, 9.17) is 9.16 Å². The van der Waals surface area contributed by atoms with E-state index in [-0.39, 0.29) is 11.0 Å². The van der Waals surface area contributed by atoms with Crippen LogP contribution >= 0.6 is 0 Å². The second kappa shape index (κ2) is 5.73. The van der Waals surface area contributed by atoms with Crippen LogP contribution in [0.2, 0.25) is 18.1 Å². The minimum atomic E-state index is -1.96. The van der Waals surface area contributed by atoms with Gasteiger partial charge < -0.3 is 9.16 Å². The van der Waals surface area contributed by atoms with E-state index >= 15 is 0 Å². The van der Waals surface area contributed by atoms with Gasteiger partial charge in [0.2, 0.25) is 0 Å². The molecule has 0 radical (unpaired) electrons. The third kappa shape index (κ3) is 3.48. The molecule has 120 valence electrons. The van der Waals surface area contributed by atoms with Crippen LogP contribution < -0.4 is 0 Å². The Morgan fingerprint density at radius 1 is 1.10 bits per heavy atom. The van der Waals surface area contributed by atoms with Gasteiger partial charge in [-0.1, -0.05) is 39.0 Å². The van der Waals surface area contributed by atoms with Crippen molar-refractivity contribution in [3.8, 4) is 0 Å². The van der Waals surface area contributed by atoms with Crippen molar-refractivity contribution in [2.75, 3.05) is 0 Å². The van der Waals surface area contributed by atoms with Gasteiger partial charge in [-0.2, -0.15) is 0 Å². The molecule has 2 atom stereocenters. The third-order valence-electron chi connectivity index (χ3n) is 4.56. The molecule has 0 aromatic heterocycles. The fourth-order valence-electron chi connectivity index (χ4n) is 2.46. The van der Waals surface area contributed by atoms with E-state index in [0.29, 0.717) is 6.42 Å². The first-order chi connectivity index (χ1) is 9.45. The second-order valence-electron chi connectivity index (χ2n) is 7.41. The summed E-state index contributed by atoms with van der Waals surface area (Å²) in [7, 11) is -1.96. The molecule has 0 aromatic carbocycles. The summed E-state index contributed by atoms with van der Waals surface area (Å²) in [6, 6.07) is 0. The lowest BCUT2D eigenvalue weighted by atomic mass is 10.2. The molecule has 0 heterocycles. The third-order valence-corrected chi connectivity index (χ3v) is 9.04. The first-order valence-electron chi connectivity index (χ1n) is 7.63. The van der Waals surface area contributed by atoms with E-state index in [1.807, 2.05) is 32.1 Å². The second-order valence-corrected chi connectivity index (χ2v) is 12.1. The van der Waals surface area contributed by atoms with Crippen molar-refractivity contribution in [3.63, 3.8) is 0 Å². The minimum absolute atomic E-state index is 0.113. The highest BCUT2D eigenvalue weighted by Gasteiger charge is 2.71. The highest BCUT2D eigenvalue weighted by molar-refractivity contribution is 6.74. The predicted octanol–water partition coefficient (Wildman–Crippen LogP) is 4.60. The number of carbonyl (C=O) groups is 1. The van der Waals surface area contributed by atoms with Crippen molar-refractivity contribution in [3.05, 3.63) is 24.3 Å². The Bertz CT molecular complexity index is 459. The van der Waals surface area contributed by atoms with Crippen LogP contribution in [0.4, 0.5) is 0 Å². The highest BCUT2D eigenvalue weighted by Crippen LogP contribution is 2.59. The molecule has 1 rings (SSSR count). The molecular formula is C17H30O3Si. The number of rotatable bonds is 5. The molecule has 0 saturated heterocycles. The number of esters is 1. The van der Waals surface area contributed by atoms with Gasteiger partial charge in [-0.05, 0) is 38.1 Å². The summed E-state index contributed by atoms with van der Waals surface area (Å²) in [6.07, 6.45) is 8.63. The SMILES string of the molecule is C/C=C/[C@@]1(OC(C)=O)C[C@@]1(/C=C/C)O[Si](C)(C)C(C)(C)C. The Kier molecular flexibility index (Phi) is 4.96. The van der Waals surface area contributed by atoms with Crippen molar-refractivity contribution in [2.24, 2.45) is 0 Å². The molecular weight excluding hydrogens is 280 g/mol. The number of allylic oxidation sites excluding steroid dienone is 2. The minimum Gasteiger partial charge on any atom is -0.451 e. The Labute approximate surface area is 130 Å². The average Bonchev–Trinajstić information content (AvgIpc) is 2.81. The van der Waals surface area contributed by atoms with E-state index in [2.05, 4.69) is 39.9 Å². The number of hydrogen-bond donors (Lipinski definition) is 0. The maximum atomic E-state index is 11.5. The maximum absolute atomic E-state index is 11.5. The van der Waals surface area contributed by atoms with Crippen LogP contribution in [0.3, 0.4) is 0 Å². The van der Waals surface area contributed by atoms with Gasteiger partial charge in [-0.3, -0.25) is 4.79 Å².